The lowest BCUT2D eigenvalue weighted by molar-refractivity contribution is -0.310. The fourth-order valence-electron chi connectivity index (χ4n) is 2.10. The van der Waals surface area contributed by atoms with E-state index < -0.39 is 12.0 Å². The molecule has 0 saturated carbocycles. The van der Waals surface area contributed by atoms with Crippen LogP contribution in [-0.2, 0) is 9.59 Å². The van der Waals surface area contributed by atoms with Gasteiger partial charge in [-0.3, -0.25) is 4.79 Å². The lowest BCUT2D eigenvalue weighted by Gasteiger charge is -2.29. The van der Waals surface area contributed by atoms with Crippen LogP contribution < -0.4 is 9.84 Å². The molecule has 2 rings (SSSR count). The molecular formula is C13H14NO4S-. The van der Waals surface area contributed by atoms with Crippen molar-refractivity contribution in [1.29, 1.82) is 0 Å². The first kappa shape index (κ1) is 13.7. The summed E-state index contributed by atoms with van der Waals surface area (Å²) in [6, 6.07) is 6.39. The Morgan fingerprint density at radius 1 is 1.37 bits per heavy atom. The molecule has 102 valence electrons. The van der Waals surface area contributed by atoms with E-state index in [0.29, 0.717) is 5.75 Å². The molecule has 1 aromatic rings. The number of rotatable bonds is 3. The molecule has 5 nitrogen and oxygen atoms in total. The molecule has 0 N–H and O–H groups in total. The Hall–Kier alpha value is -1.69. The van der Waals surface area contributed by atoms with E-state index >= 15 is 0 Å². The number of benzene rings is 1. The lowest BCUT2D eigenvalue weighted by Crippen LogP contribution is -2.48. The van der Waals surface area contributed by atoms with Crippen LogP contribution in [0.4, 0.5) is 0 Å². The molecule has 1 aliphatic heterocycles. The Balaban J connectivity index is 2.27. The van der Waals surface area contributed by atoms with E-state index in [4.69, 9.17) is 4.74 Å². The van der Waals surface area contributed by atoms with Crippen LogP contribution in [0.25, 0.3) is 0 Å². The first-order valence-corrected chi connectivity index (χ1v) is 6.84. The van der Waals surface area contributed by atoms with Crippen molar-refractivity contribution in [2.75, 3.05) is 12.9 Å². The Kier molecular flexibility index (Phi) is 3.99. The van der Waals surface area contributed by atoms with Crippen molar-refractivity contribution in [3.05, 3.63) is 29.8 Å². The second-order valence-corrected chi connectivity index (χ2v) is 5.33. The average molecular weight is 280 g/mol. The second kappa shape index (κ2) is 5.52. The molecule has 2 atom stereocenters. The monoisotopic (exact) mass is 280 g/mol. The first-order chi connectivity index (χ1) is 9.04. The van der Waals surface area contributed by atoms with Crippen molar-refractivity contribution in [3.63, 3.8) is 0 Å². The van der Waals surface area contributed by atoms with E-state index in [9.17, 15) is 14.7 Å². The highest BCUT2D eigenvalue weighted by Gasteiger charge is 2.37. The van der Waals surface area contributed by atoms with E-state index in [2.05, 4.69) is 0 Å². The summed E-state index contributed by atoms with van der Waals surface area (Å²) in [6.45, 7) is 1.37. The summed E-state index contributed by atoms with van der Waals surface area (Å²) in [5, 5.41) is 10.8. The summed E-state index contributed by atoms with van der Waals surface area (Å²) in [7, 11) is 1.58. The van der Waals surface area contributed by atoms with Gasteiger partial charge in [0, 0.05) is 12.7 Å². The van der Waals surface area contributed by atoms with Gasteiger partial charge in [0.15, 0.2) is 0 Å². The molecule has 1 aliphatic rings. The molecule has 0 radical (unpaired) electrons. The highest BCUT2D eigenvalue weighted by molar-refractivity contribution is 7.99. The zero-order valence-electron chi connectivity index (χ0n) is 10.7. The molecular weight excluding hydrogens is 266 g/mol. The number of carbonyl (C=O) groups excluding carboxylic acids is 2. The molecule has 1 heterocycles. The molecule has 0 aliphatic carbocycles. The maximum absolute atomic E-state index is 11.7. The highest BCUT2D eigenvalue weighted by Crippen LogP contribution is 2.41. The molecule has 19 heavy (non-hydrogen) atoms. The quantitative estimate of drug-likeness (QED) is 0.802. The Morgan fingerprint density at radius 3 is 2.47 bits per heavy atom. The van der Waals surface area contributed by atoms with Gasteiger partial charge in [0.25, 0.3) is 0 Å². The third-order valence-corrected chi connectivity index (χ3v) is 4.36. The minimum Gasteiger partial charge on any atom is -0.548 e. The lowest BCUT2D eigenvalue weighted by atomic mass is 10.1. The summed E-state index contributed by atoms with van der Waals surface area (Å²) in [6.07, 6.45) is 0. The zero-order valence-corrected chi connectivity index (χ0v) is 11.5. The molecule has 1 saturated heterocycles. The van der Waals surface area contributed by atoms with Crippen LogP contribution in [0.15, 0.2) is 24.3 Å². The van der Waals surface area contributed by atoms with Gasteiger partial charge in [0.2, 0.25) is 5.91 Å². The van der Waals surface area contributed by atoms with Crippen LogP contribution in [0.5, 0.6) is 5.75 Å². The topological polar surface area (TPSA) is 69.7 Å². The number of carboxylic acid groups (broad SMARTS) is 1. The van der Waals surface area contributed by atoms with Gasteiger partial charge in [0.05, 0.1) is 19.1 Å². The number of hydrogen-bond donors (Lipinski definition) is 0. The number of carbonyl (C=O) groups is 2. The van der Waals surface area contributed by atoms with Crippen molar-refractivity contribution in [3.8, 4) is 5.75 Å². The van der Waals surface area contributed by atoms with E-state index in [1.807, 2.05) is 12.1 Å². The van der Waals surface area contributed by atoms with Crippen molar-refractivity contribution in [2.24, 2.45) is 0 Å². The average Bonchev–Trinajstić information content (AvgIpc) is 2.83. The smallest absolute Gasteiger partial charge is 0.221 e. The van der Waals surface area contributed by atoms with Crippen molar-refractivity contribution in [2.45, 2.75) is 18.3 Å². The SMILES string of the molecule is COc1ccc(C2SCC(C(=O)[O-])N2C(C)=O)cc1. The van der Waals surface area contributed by atoms with Crippen LogP contribution >= 0.6 is 11.8 Å². The Morgan fingerprint density at radius 2 is 2.00 bits per heavy atom. The summed E-state index contributed by atoms with van der Waals surface area (Å²) in [5.41, 5.74) is 0.879. The van der Waals surface area contributed by atoms with Gasteiger partial charge < -0.3 is 19.5 Å². The van der Waals surface area contributed by atoms with Crippen LogP contribution in [0, 0.1) is 0 Å². The minimum atomic E-state index is -1.21. The van der Waals surface area contributed by atoms with Crippen LogP contribution in [0.2, 0.25) is 0 Å². The number of aliphatic carboxylic acids is 1. The van der Waals surface area contributed by atoms with Crippen LogP contribution in [0.3, 0.4) is 0 Å². The van der Waals surface area contributed by atoms with Gasteiger partial charge in [-0.25, -0.2) is 0 Å². The van der Waals surface area contributed by atoms with Crippen LogP contribution in [-0.4, -0.2) is 35.7 Å². The predicted octanol–water partition coefficient (Wildman–Crippen LogP) is 0.408. The van der Waals surface area contributed by atoms with Gasteiger partial charge in [-0.05, 0) is 17.7 Å². The number of ether oxygens (including phenoxy) is 1. The highest BCUT2D eigenvalue weighted by atomic mass is 32.2. The Labute approximate surface area is 115 Å². The third kappa shape index (κ3) is 2.68. The maximum atomic E-state index is 11.7. The number of carboxylic acids is 1. The fraction of sp³-hybridized carbons (Fsp3) is 0.385. The van der Waals surface area contributed by atoms with E-state index in [1.54, 1.807) is 19.2 Å². The molecule has 0 bridgehead atoms. The summed E-state index contributed by atoms with van der Waals surface area (Å²) in [4.78, 5) is 24.1. The van der Waals surface area contributed by atoms with E-state index in [0.717, 1.165) is 11.3 Å². The standard InChI is InChI=1S/C13H15NO4S/c1-8(15)14-11(13(16)17)7-19-12(14)9-3-5-10(18-2)6-4-9/h3-6,11-12H,7H2,1-2H3,(H,16,17)/p-1. The number of thioether (sulfide) groups is 1. The molecule has 6 heteroatoms. The number of nitrogens with zero attached hydrogens (tertiary/aromatic N) is 1. The van der Waals surface area contributed by atoms with Gasteiger partial charge in [-0.2, -0.15) is 0 Å². The Bertz CT molecular complexity index is 488. The molecule has 0 spiro atoms. The predicted molar refractivity (Wildman–Crippen MR) is 69.5 cm³/mol. The van der Waals surface area contributed by atoms with E-state index in [-0.39, 0.29) is 11.3 Å². The fourth-order valence-corrected chi connectivity index (χ4v) is 3.56. The number of methoxy groups -OCH3 is 1. The van der Waals surface area contributed by atoms with Crippen molar-refractivity contribution in [1.82, 2.24) is 4.90 Å². The second-order valence-electron chi connectivity index (χ2n) is 4.22. The molecule has 1 fully saturated rings. The minimum absolute atomic E-state index is 0.264. The third-order valence-electron chi connectivity index (χ3n) is 3.04. The first-order valence-electron chi connectivity index (χ1n) is 5.80. The van der Waals surface area contributed by atoms with Gasteiger partial charge in [-0.1, -0.05) is 12.1 Å². The molecule has 1 aromatic carbocycles. The summed E-state index contributed by atoms with van der Waals surface area (Å²) < 4.78 is 5.07. The van der Waals surface area contributed by atoms with Gasteiger partial charge in [-0.15, -0.1) is 11.8 Å². The van der Waals surface area contributed by atoms with E-state index in [1.165, 1.54) is 23.6 Å². The van der Waals surface area contributed by atoms with Gasteiger partial charge in [0.1, 0.15) is 11.1 Å². The number of hydrogen-bond acceptors (Lipinski definition) is 5. The maximum Gasteiger partial charge on any atom is 0.221 e. The van der Waals surface area contributed by atoms with Gasteiger partial charge >= 0.3 is 0 Å². The summed E-state index contributed by atoms with van der Waals surface area (Å²) >= 11 is 1.43. The van der Waals surface area contributed by atoms with Crippen LogP contribution in [0.1, 0.15) is 17.9 Å². The van der Waals surface area contributed by atoms with Crippen molar-refractivity contribution >= 4 is 23.6 Å². The zero-order chi connectivity index (χ0) is 14.0. The number of amides is 1. The van der Waals surface area contributed by atoms with Crippen molar-refractivity contribution < 1.29 is 19.4 Å². The molecule has 0 aromatic heterocycles. The largest absolute Gasteiger partial charge is 0.548 e. The normalized spacial score (nSPS) is 22.3. The molecule has 2 unspecified atom stereocenters. The molecule has 1 amide bonds. The summed E-state index contributed by atoms with van der Waals surface area (Å²) in [5.74, 6) is -0.408.